The molecule has 0 saturated heterocycles. The Kier molecular flexibility index (Phi) is 4.29. The molecule has 0 aliphatic heterocycles. The van der Waals surface area contributed by atoms with Gasteiger partial charge in [0.05, 0.1) is 0 Å². The zero-order valence-electron chi connectivity index (χ0n) is 6.83. The van der Waals surface area contributed by atoms with Crippen molar-refractivity contribution in [2.45, 2.75) is 13.8 Å². The molecule has 2 heteroatoms. The van der Waals surface area contributed by atoms with E-state index in [9.17, 15) is 0 Å². The van der Waals surface area contributed by atoms with Gasteiger partial charge in [0.1, 0.15) is 5.82 Å². The molecule has 0 radical (unpaired) electrons. The second kappa shape index (κ2) is 4.79. The first kappa shape index (κ1) is 8.95. The van der Waals surface area contributed by atoms with E-state index in [1.165, 1.54) is 0 Å². The van der Waals surface area contributed by atoms with Gasteiger partial charge in [0.25, 0.3) is 0 Å². The molecule has 0 spiro atoms. The monoisotopic (exact) mass is 138 g/mol. The van der Waals surface area contributed by atoms with E-state index in [0.717, 1.165) is 5.82 Å². The number of rotatable bonds is 1. The Hall–Kier alpha value is -1.05. The van der Waals surface area contributed by atoms with Crippen molar-refractivity contribution in [3.05, 3.63) is 24.8 Å². The maximum Gasteiger partial charge on any atom is 0.131 e. The van der Waals surface area contributed by atoms with Crippen LogP contribution in [0.25, 0.3) is 6.08 Å². The smallest absolute Gasteiger partial charge is 0.131 e. The molecule has 1 aromatic heterocycles. The molecule has 1 rings (SSSR count). The Bertz CT molecular complexity index is 189. The van der Waals surface area contributed by atoms with Crippen LogP contribution in [0.1, 0.15) is 19.7 Å². The van der Waals surface area contributed by atoms with Crippen LogP contribution in [0.2, 0.25) is 0 Å². The molecule has 0 saturated carbocycles. The van der Waals surface area contributed by atoms with Crippen LogP contribution in [0.4, 0.5) is 0 Å². The number of aromatic nitrogens is 2. The first-order valence-electron chi connectivity index (χ1n) is 3.44. The van der Waals surface area contributed by atoms with E-state index in [-0.39, 0.29) is 0 Å². The molecule has 1 aromatic rings. The molecule has 10 heavy (non-hydrogen) atoms. The fraction of sp³-hybridized carbons (Fsp3) is 0.375. The molecule has 1 heterocycles. The van der Waals surface area contributed by atoms with E-state index in [4.69, 9.17) is 0 Å². The lowest BCUT2D eigenvalue weighted by molar-refractivity contribution is 0.898. The third-order valence-corrected chi connectivity index (χ3v) is 1.04. The van der Waals surface area contributed by atoms with Crippen LogP contribution in [0.15, 0.2) is 19.0 Å². The summed E-state index contributed by atoms with van der Waals surface area (Å²) >= 11 is 0. The van der Waals surface area contributed by atoms with Gasteiger partial charge in [0.15, 0.2) is 0 Å². The van der Waals surface area contributed by atoms with Crippen molar-refractivity contribution in [3.8, 4) is 0 Å². The van der Waals surface area contributed by atoms with Crippen molar-refractivity contribution in [2.75, 3.05) is 0 Å². The molecular formula is C8H14N2. The second-order valence-electron chi connectivity index (χ2n) is 1.60. The summed E-state index contributed by atoms with van der Waals surface area (Å²) in [6, 6.07) is 0. The van der Waals surface area contributed by atoms with Crippen molar-refractivity contribution in [3.63, 3.8) is 0 Å². The summed E-state index contributed by atoms with van der Waals surface area (Å²) in [4.78, 5) is 3.98. The van der Waals surface area contributed by atoms with Gasteiger partial charge in [-0.1, -0.05) is 20.4 Å². The standard InChI is InChI=1S/C6H8N2.C2H6/c1-3-6-7-4-5-8(6)2;1-2/h3-5H,1H2,2H3;1-2H3. The van der Waals surface area contributed by atoms with E-state index in [0.29, 0.717) is 0 Å². The highest BCUT2D eigenvalue weighted by atomic mass is 15.0. The Balaban J connectivity index is 0.000000371. The van der Waals surface area contributed by atoms with E-state index in [1.807, 2.05) is 31.7 Å². The highest BCUT2D eigenvalue weighted by molar-refractivity contribution is 5.35. The lowest BCUT2D eigenvalue weighted by atomic mass is 10.6. The number of hydrogen-bond donors (Lipinski definition) is 0. The summed E-state index contributed by atoms with van der Waals surface area (Å²) in [6.45, 7) is 7.58. The van der Waals surface area contributed by atoms with Crippen LogP contribution in [0, 0.1) is 0 Å². The largest absolute Gasteiger partial charge is 0.335 e. The third-order valence-electron chi connectivity index (χ3n) is 1.04. The average molecular weight is 138 g/mol. The Morgan fingerprint density at radius 1 is 1.60 bits per heavy atom. The van der Waals surface area contributed by atoms with Crippen LogP contribution in [0.5, 0.6) is 0 Å². The lowest BCUT2D eigenvalue weighted by Crippen LogP contribution is -1.87. The number of nitrogens with zero attached hydrogens (tertiary/aromatic N) is 2. The Morgan fingerprint density at radius 2 is 2.20 bits per heavy atom. The van der Waals surface area contributed by atoms with Gasteiger partial charge in [-0.05, 0) is 6.08 Å². The highest BCUT2D eigenvalue weighted by Crippen LogP contribution is 1.92. The normalized spacial score (nSPS) is 7.90. The molecule has 2 nitrogen and oxygen atoms in total. The summed E-state index contributed by atoms with van der Waals surface area (Å²) in [5.41, 5.74) is 0. The first-order valence-corrected chi connectivity index (χ1v) is 3.44. The minimum Gasteiger partial charge on any atom is -0.335 e. The van der Waals surface area contributed by atoms with Crippen LogP contribution in [0.3, 0.4) is 0 Å². The molecule has 0 unspecified atom stereocenters. The number of hydrogen-bond acceptors (Lipinski definition) is 1. The van der Waals surface area contributed by atoms with E-state index in [1.54, 1.807) is 12.3 Å². The molecular weight excluding hydrogens is 124 g/mol. The quantitative estimate of drug-likeness (QED) is 0.581. The maximum absolute atomic E-state index is 3.98. The molecule has 0 amide bonds. The molecule has 0 aliphatic carbocycles. The summed E-state index contributed by atoms with van der Waals surface area (Å²) in [6.07, 6.45) is 5.36. The van der Waals surface area contributed by atoms with Gasteiger partial charge in [-0.25, -0.2) is 4.98 Å². The second-order valence-corrected chi connectivity index (χ2v) is 1.60. The topological polar surface area (TPSA) is 17.8 Å². The van der Waals surface area contributed by atoms with E-state index < -0.39 is 0 Å². The SMILES string of the molecule is C=Cc1nccn1C.CC. The molecule has 0 fully saturated rings. The summed E-state index contributed by atoms with van der Waals surface area (Å²) < 4.78 is 1.91. The predicted octanol–water partition coefficient (Wildman–Crippen LogP) is 2.09. The molecule has 0 aliphatic rings. The first-order chi connectivity index (χ1) is 4.84. The van der Waals surface area contributed by atoms with Crippen molar-refractivity contribution >= 4 is 6.08 Å². The minimum atomic E-state index is 0.907. The van der Waals surface area contributed by atoms with Crippen LogP contribution < -0.4 is 0 Å². The fourth-order valence-electron chi connectivity index (χ4n) is 0.574. The lowest BCUT2D eigenvalue weighted by Gasteiger charge is -1.89. The molecule has 0 aromatic carbocycles. The van der Waals surface area contributed by atoms with Gasteiger partial charge in [-0.15, -0.1) is 0 Å². The van der Waals surface area contributed by atoms with Gasteiger partial charge in [-0.3, -0.25) is 0 Å². The zero-order valence-corrected chi connectivity index (χ0v) is 6.83. The number of imidazole rings is 1. The molecule has 0 N–H and O–H groups in total. The molecule has 56 valence electrons. The van der Waals surface area contributed by atoms with Gasteiger partial charge in [-0.2, -0.15) is 0 Å². The Labute approximate surface area is 62.2 Å². The zero-order chi connectivity index (χ0) is 7.98. The van der Waals surface area contributed by atoms with Crippen LogP contribution >= 0.6 is 0 Å². The van der Waals surface area contributed by atoms with Crippen molar-refractivity contribution in [1.29, 1.82) is 0 Å². The van der Waals surface area contributed by atoms with Crippen molar-refractivity contribution < 1.29 is 0 Å². The van der Waals surface area contributed by atoms with Crippen LogP contribution in [-0.2, 0) is 7.05 Å². The third kappa shape index (κ3) is 2.05. The van der Waals surface area contributed by atoms with Crippen molar-refractivity contribution in [2.24, 2.45) is 7.05 Å². The maximum atomic E-state index is 3.98. The van der Waals surface area contributed by atoms with E-state index in [2.05, 4.69) is 11.6 Å². The van der Waals surface area contributed by atoms with E-state index >= 15 is 0 Å². The predicted molar refractivity (Wildman–Crippen MR) is 44.6 cm³/mol. The summed E-state index contributed by atoms with van der Waals surface area (Å²) in [5, 5.41) is 0. The summed E-state index contributed by atoms with van der Waals surface area (Å²) in [7, 11) is 1.93. The highest BCUT2D eigenvalue weighted by Gasteiger charge is 1.87. The fourth-order valence-corrected chi connectivity index (χ4v) is 0.574. The molecule has 0 bridgehead atoms. The van der Waals surface area contributed by atoms with Gasteiger partial charge in [0, 0.05) is 19.4 Å². The van der Waals surface area contributed by atoms with Crippen LogP contribution in [-0.4, -0.2) is 9.55 Å². The van der Waals surface area contributed by atoms with Gasteiger partial charge < -0.3 is 4.57 Å². The minimum absolute atomic E-state index is 0.907. The Morgan fingerprint density at radius 3 is 2.40 bits per heavy atom. The average Bonchev–Trinajstić information content (AvgIpc) is 2.39. The van der Waals surface area contributed by atoms with Gasteiger partial charge >= 0.3 is 0 Å². The summed E-state index contributed by atoms with van der Waals surface area (Å²) in [5.74, 6) is 0.907. The number of aryl methyl sites for hydroxylation is 1. The molecule has 0 atom stereocenters. The van der Waals surface area contributed by atoms with Crippen molar-refractivity contribution in [1.82, 2.24) is 9.55 Å². The van der Waals surface area contributed by atoms with Gasteiger partial charge in [0.2, 0.25) is 0 Å².